The third-order valence-corrected chi connectivity index (χ3v) is 4.53. The van der Waals surface area contributed by atoms with Crippen LogP contribution in [-0.4, -0.2) is 36.0 Å². The lowest BCUT2D eigenvalue weighted by Gasteiger charge is -2.31. The van der Waals surface area contributed by atoms with Gasteiger partial charge in [-0.1, -0.05) is 18.5 Å². The molecule has 0 amide bonds. The van der Waals surface area contributed by atoms with Crippen LogP contribution in [0.4, 0.5) is 11.4 Å². The number of halogens is 1. The first kappa shape index (κ1) is 16.0. The minimum Gasteiger partial charge on any atom is -0.385 e. The summed E-state index contributed by atoms with van der Waals surface area (Å²) in [6, 6.07) is 3.19. The highest BCUT2D eigenvalue weighted by molar-refractivity contribution is 6.33. The molecule has 5 nitrogen and oxygen atoms in total. The van der Waals surface area contributed by atoms with Crippen LogP contribution in [0.3, 0.4) is 0 Å². The molecular formula is C15H22ClN3O2. The number of aryl methyl sites for hydroxylation is 1. The number of nitrogens with one attached hydrogen (secondary N) is 1. The average Bonchev–Trinajstić information content (AvgIpc) is 2.48. The van der Waals surface area contributed by atoms with E-state index in [1.54, 1.807) is 6.07 Å². The van der Waals surface area contributed by atoms with E-state index in [4.69, 9.17) is 11.6 Å². The Kier molecular flexibility index (Phi) is 5.42. The molecule has 0 radical (unpaired) electrons. The first-order valence-corrected chi connectivity index (χ1v) is 7.79. The molecule has 6 heteroatoms. The molecule has 0 bridgehead atoms. The SMILES string of the molecule is CCN1CCC(CNc2cc(Cl)c([N+](=O)[O-])cc2C)CC1. The van der Waals surface area contributed by atoms with Crippen molar-refractivity contribution in [3.05, 3.63) is 32.8 Å². The average molecular weight is 312 g/mol. The molecule has 1 aliphatic heterocycles. The van der Waals surface area contributed by atoms with Crippen LogP contribution in [0.5, 0.6) is 0 Å². The van der Waals surface area contributed by atoms with Gasteiger partial charge in [-0.25, -0.2) is 0 Å². The van der Waals surface area contributed by atoms with Crippen LogP contribution in [0.2, 0.25) is 5.02 Å². The van der Waals surface area contributed by atoms with Gasteiger partial charge >= 0.3 is 0 Å². The van der Waals surface area contributed by atoms with Gasteiger partial charge in [-0.2, -0.15) is 0 Å². The third-order valence-electron chi connectivity index (χ3n) is 4.23. The Morgan fingerprint density at radius 1 is 1.43 bits per heavy atom. The number of nitro groups is 1. The number of benzene rings is 1. The summed E-state index contributed by atoms with van der Waals surface area (Å²) in [5.41, 5.74) is 1.72. The number of nitrogens with zero attached hydrogens (tertiary/aromatic N) is 2. The van der Waals surface area contributed by atoms with Gasteiger partial charge in [0.2, 0.25) is 0 Å². The van der Waals surface area contributed by atoms with Crippen molar-refractivity contribution in [1.82, 2.24) is 4.90 Å². The van der Waals surface area contributed by atoms with Gasteiger partial charge in [-0.3, -0.25) is 10.1 Å². The Morgan fingerprint density at radius 3 is 2.67 bits per heavy atom. The zero-order valence-corrected chi connectivity index (χ0v) is 13.3. The van der Waals surface area contributed by atoms with E-state index in [1.165, 1.54) is 18.9 Å². The van der Waals surface area contributed by atoms with Gasteiger partial charge in [0.25, 0.3) is 5.69 Å². The largest absolute Gasteiger partial charge is 0.385 e. The zero-order chi connectivity index (χ0) is 15.4. The van der Waals surface area contributed by atoms with Crippen molar-refractivity contribution in [2.45, 2.75) is 26.7 Å². The third kappa shape index (κ3) is 4.08. The number of anilines is 1. The molecule has 1 N–H and O–H groups in total. The minimum atomic E-state index is -0.445. The van der Waals surface area contributed by atoms with E-state index in [-0.39, 0.29) is 10.7 Å². The van der Waals surface area contributed by atoms with Gasteiger partial charge < -0.3 is 10.2 Å². The molecule has 0 spiro atoms. The standard InChI is InChI=1S/C15H22ClN3O2/c1-3-18-6-4-12(5-7-18)10-17-14-9-13(16)15(19(20)21)8-11(14)2/h8-9,12,17H,3-7,10H2,1-2H3. The summed E-state index contributed by atoms with van der Waals surface area (Å²) in [6.07, 6.45) is 2.39. The highest BCUT2D eigenvalue weighted by Crippen LogP contribution is 2.31. The molecule has 116 valence electrons. The summed E-state index contributed by atoms with van der Waals surface area (Å²) in [5, 5.41) is 14.4. The van der Waals surface area contributed by atoms with Gasteiger partial charge in [0.05, 0.1) is 4.92 Å². The van der Waals surface area contributed by atoms with Gasteiger partial charge in [0.1, 0.15) is 5.02 Å². The Labute approximate surface area is 130 Å². The van der Waals surface area contributed by atoms with Crippen molar-refractivity contribution in [1.29, 1.82) is 0 Å². The lowest BCUT2D eigenvalue weighted by Crippen LogP contribution is -2.35. The molecule has 1 heterocycles. The second-order valence-corrected chi connectivity index (χ2v) is 6.04. The monoisotopic (exact) mass is 311 g/mol. The van der Waals surface area contributed by atoms with Crippen molar-refractivity contribution in [3.8, 4) is 0 Å². The van der Waals surface area contributed by atoms with Crippen LogP contribution in [-0.2, 0) is 0 Å². The first-order valence-electron chi connectivity index (χ1n) is 7.42. The molecule has 0 aliphatic carbocycles. The summed E-state index contributed by atoms with van der Waals surface area (Å²) >= 11 is 5.97. The molecule has 0 unspecified atom stereocenters. The van der Waals surface area contributed by atoms with Crippen LogP contribution in [0.1, 0.15) is 25.3 Å². The van der Waals surface area contributed by atoms with E-state index < -0.39 is 4.92 Å². The van der Waals surface area contributed by atoms with Gasteiger partial charge in [0.15, 0.2) is 0 Å². The first-order chi connectivity index (χ1) is 10.0. The quantitative estimate of drug-likeness (QED) is 0.665. The Bertz CT molecular complexity index is 514. The molecule has 0 saturated carbocycles. The second-order valence-electron chi connectivity index (χ2n) is 5.63. The summed E-state index contributed by atoms with van der Waals surface area (Å²) in [5.74, 6) is 0.654. The second kappa shape index (κ2) is 7.09. The Morgan fingerprint density at radius 2 is 2.10 bits per heavy atom. The van der Waals surface area contributed by atoms with E-state index in [1.807, 2.05) is 6.92 Å². The topological polar surface area (TPSA) is 58.4 Å². The lowest BCUT2D eigenvalue weighted by molar-refractivity contribution is -0.384. The fourth-order valence-electron chi connectivity index (χ4n) is 2.76. The van der Waals surface area contributed by atoms with Crippen molar-refractivity contribution in [2.24, 2.45) is 5.92 Å². The molecular weight excluding hydrogens is 290 g/mol. The molecule has 2 rings (SSSR count). The molecule has 0 atom stereocenters. The zero-order valence-electron chi connectivity index (χ0n) is 12.6. The van der Waals surface area contributed by atoms with Gasteiger partial charge in [-0.05, 0) is 56.9 Å². The number of hydrogen-bond acceptors (Lipinski definition) is 4. The van der Waals surface area contributed by atoms with Crippen LogP contribution in [0.25, 0.3) is 0 Å². The van der Waals surface area contributed by atoms with Gasteiger partial charge in [-0.15, -0.1) is 0 Å². The van der Waals surface area contributed by atoms with Crippen LogP contribution < -0.4 is 5.32 Å². The van der Waals surface area contributed by atoms with Crippen LogP contribution in [0.15, 0.2) is 12.1 Å². The maximum Gasteiger partial charge on any atom is 0.288 e. The fraction of sp³-hybridized carbons (Fsp3) is 0.600. The van der Waals surface area contributed by atoms with E-state index in [0.717, 1.165) is 37.4 Å². The van der Waals surface area contributed by atoms with Crippen LogP contribution >= 0.6 is 11.6 Å². The molecule has 1 fully saturated rings. The molecule has 0 aromatic heterocycles. The highest BCUT2D eigenvalue weighted by Gasteiger charge is 2.19. The van der Waals surface area contributed by atoms with Gasteiger partial charge in [0, 0.05) is 18.3 Å². The van der Waals surface area contributed by atoms with Crippen molar-refractivity contribution >= 4 is 23.0 Å². The molecule has 1 saturated heterocycles. The molecule has 1 aromatic carbocycles. The molecule has 21 heavy (non-hydrogen) atoms. The van der Waals surface area contributed by atoms with E-state index in [9.17, 15) is 10.1 Å². The van der Waals surface area contributed by atoms with E-state index in [0.29, 0.717) is 5.92 Å². The predicted octanol–water partition coefficient (Wildman–Crippen LogP) is 3.70. The lowest BCUT2D eigenvalue weighted by atomic mass is 9.96. The Hall–Kier alpha value is -1.33. The van der Waals surface area contributed by atoms with Crippen molar-refractivity contribution in [2.75, 3.05) is 31.5 Å². The maximum absolute atomic E-state index is 10.8. The maximum atomic E-state index is 10.8. The summed E-state index contributed by atoms with van der Waals surface area (Å²) in [7, 11) is 0. The van der Waals surface area contributed by atoms with Crippen molar-refractivity contribution < 1.29 is 4.92 Å². The molecule has 1 aromatic rings. The minimum absolute atomic E-state index is 0.0315. The highest BCUT2D eigenvalue weighted by atomic mass is 35.5. The van der Waals surface area contributed by atoms with Crippen molar-refractivity contribution in [3.63, 3.8) is 0 Å². The summed E-state index contributed by atoms with van der Waals surface area (Å²) in [4.78, 5) is 12.9. The fourth-order valence-corrected chi connectivity index (χ4v) is 2.99. The summed E-state index contributed by atoms with van der Waals surface area (Å²) in [6.45, 7) is 8.39. The predicted molar refractivity (Wildman–Crippen MR) is 86.2 cm³/mol. The Balaban J connectivity index is 1.95. The van der Waals surface area contributed by atoms with E-state index >= 15 is 0 Å². The molecule has 1 aliphatic rings. The number of hydrogen-bond donors (Lipinski definition) is 1. The van der Waals surface area contributed by atoms with E-state index in [2.05, 4.69) is 17.1 Å². The number of likely N-dealkylation sites (tertiary alicyclic amines) is 1. The normalized spacial score (nSPS) is 16.9. The van der Waals surface area contributed by atoms with Crippen LogP contribution in [0, 0.1) is 23.0 Å². The summed E-state index contributed by atoms with van der Waals surface area (Å²) < 4.78 is 0. The smallest absolute Gasteiger partial charge is 0.288 e. The number of rotatable bonds is 5. The number of piperidine rings is 1. The number of nitro benzene ring substituents is 1.